The standard InChI is InChI=1S/C28H27F3N2O9/c1-15-22(27(35)40-10-9-16-7-8-20(21(11-16)38-2)42-14-19-13-41-19)23(17-5-4-6-18(12-17)33(36)37)24(26(34)39-3)25(32-15)28(29,30)31/h4-8,11-12,19,23,32H,9-10,13-14H2,1-3H3. The molecule has 1 fully saturated rings. The van der Waals surface area contributed by atoms with Gasteiger partial charge in [0, 0.05) is 24.3 Å². The molecule has 0 amide bonds. The lowest BCUT2D eigenvalue weighted by Gasteiger charge is -2.31. The van der Waals surface area contributed by atoms with E-state index < -0.39 is 45.9 Å². The minimum absolute atomic E-state index is 0.0495. The average molecular weight is 593 g/mol. The third-order valence-corrected chi connectivity index (χ3v) is 6.57. The number of nitrogens with zero attached hydrogens (tertiary/aromatic N) is 1. The molecule has 14 heteroatoms. The number of alkyl halides is 3. The number of epoxide rings is 1. The SMILES string of the molecule is COC(=O)C1=C(C(F)(F)F)NC(C)=C(C(=O)OCCc2ccc(OCC3CO3)c(OC)c2)C1c1cccc([N+](=O)[O-])c1. The minimum Gasteiger partial charge on any atom is -0.493 e. The van der Waals surface area contributed by atoms with Crippen LogP contribution in [0.5, 0.6) is 11.5 Å². The maximum absolute atomic E-state index is 14.1. The van der Waals surface area contributed by atoms with Crippen molar-refractivity contribution in [3.05, 3.63) is 86.2 Å². The third-order valence-electron chi connectivity index (χ3n) is 6.57. The van der Waals surface area contributed by atoms with Gasteiger partial charge in [0.1, 0.15) is 18.4 Å². The van der Waals surface area contributed by atoms with Gasteiger partial charge in [0.15, 0.2) is 11.5 Å². The van der Waals surface area contributed by atoms with Crippen LogP contribution in [-0.4, -0.2) is 63.2 Å². The number of halogens is 3. The van der Waals surface area contributed by atoms with Crippen molar-refractivity contribution in [1.29, 1.82) is 0 Å². The molecule has 0 bridgehead atoms. The lowest BCUT2D eigenvalue weighted by atomic mass is 9.80. The molecule has 0 saturated carbocycles. The number of nitrogens with one attached hydrogen (secondary N) is 1. The lowest BCUT2D eigenvalue weighted by Crippen LogP contribution is -2.38. The molecule has 0 spiro atoms. The summed E-state index contributed by atoms with van der Waals surface area (Å²) in [5, 5.41) is 13.5. The van der Waals surface area contributed by atoms with Gasteiger partial charge in [-0.2, -0.15) is 13.2 Å². The largest absolute Gasteiger partial charge is 0.493 e. The summed E-state index contributed by atoms with van der Waals surface area (Å²) in [6, 6.07) is 9.80. The molecule has 2 heterocycles. The third kappa shape index (κ3) is 6.82. The Balaban J connectivity index is 1.61. The summed E-state index contributed by atoms with van der Waals surface area (Å²) in [6.45, 7) is 2.05. The summed E-state index contributed by atoms with van der Waals surface area (Å²) in [6.07, 6.45) is -4.78. The van der Waals surface area contributed by atoms with Crippen LogP contribution in [0.1, 0.15) is 24.0 Å². The van der Waals surface area contributed by atoms with E-state index in [1.54, 1.807) is 18.2 Å². The normalized spacial score (nSPS) is 18.2. The molecule has 2 atom stereocenters. The molecule has 2 unspecified atom stereocenters. The van der Waals surface area contributed by atoms with Gasteiger partial charge in [0.2, 0.25) is 0 Å². The van der Waals surface area contributed by atoms with Crippen LogP contribution in [0.3, 0.4) is 0 Å². The van der Waals surface area contributed by atoms with Crippen molar-refractivity contribution in [2.45, 2.75) is 31.5 Å². The van der Waals surface area contributed by atoms with Gasteiger partial charge >= 0.3 is 18.1 Å². The number of methoxy groups -OCH3 is 2. The van der Waals surface area contributed by atoms with Crippen LogP contribution in [0.2, 0.25) is 0 Å². The molecule has 1 N–H and O–H groups in total. The first kappa shape index (κ1) is 30.4. The fraction of sp³-hybridized carbons (Fsp3) is 0.357. The first-order chi connectivity index (χ1) is 19.9. The van der Waals surface area contributed by atoms with Crippen LogP contribution in [0.4, 0.5) is 18.9 Å². The van der Waals surface area contributed by atoms with Crippen molar-refractivity contribution >= 4 is 17.6 Å². The summed E-state index contributed by atoms with van der Waals surface area (Å²) < 4.78 is 68.4. The van der Waals surface area contributed by atoms with Gasteiger partial charge in [-0.05, 0) is 30.2 Å². The summed E-state index contributed by atoms with van der Waals surface area (Å²) in [7, 11) is 2.36. The number of rotatable bonds is 11. The highest BCUT2D eigenvalue weighted by molar-refractivity contribution is 6.00. The van der Waals surface area contributed by atoms with E-state index in [4.69, 9.17) is 18.9 Å². The van der Waals surface area contributed by atoms with Crippen molar-refractivity contribution in [3.8, 4) is 11.5 Å². The Labute approximate surface area is 238 Å². The summed E-state index contributed by atoms with van der Waals surface area (Å²) >= 11 is 0. The van der Waals surface area contributed by atoms with Crippen LogP contribution >= 0.6 is 0 Å². The van der Waals surface area contributed by atoms with Crippen LogP contribution in [-0.2, 0) is 30.2 Å². The number of nitro groups is 1. The number of allylic oxidation sites excluding steroid dienone is 2. The molecule has 2 aromatic carbocycles. The van der Waals surface area contributed by atoms with Crippen LogP contribution in [0, 0.1) is 10.1 Å². The zero-order valence-corrected chi connectivity index (χ0v) is 22.8. The van der Waals surface area contributed by atoms with Gasteiger partial charge < -0.3 is 29.0 Å². The predicted octanol–water partition coefficient (Wildman–Crippen LogP) is 4.12. The van der Waals surface area contributed by atoms with Gasteiger partial charge in [0.25, 0.3) is 5.69 Å². The second-order valence-electron chi connectivity index (χ2n) is 9.36. The first-order valence-electron chi connectivity index (χ1n) is 12.6. The topological polar surface area (TPSA) is 139 Å². The maximum Gasteiger partial charge on any atom is 0.431 e. The van der Waals surface area contributed by atoms with E-state index in [0.717, 1.165) is 19.2 Å². The van der Waals surface area contributed by atoms with Gasteiger partial charge in [-0.15, -0.1) is 0 Å². The first-order valence-corrected chi connectivity index (χ1v) is 12.6. The molecule has 42 heavy (non-hydrogen) atoms. The Morgan fingerprint density at radius 1 is 1.10 bits per heavy atom. The van der Waals surface area contributed by atoms with E-state index in [-0.39, 0.29) is 36.0 Å². The Hall–Kier alpha value is -4.59. The number of hydrogen-bond donors (Lipinski definition) is 1. The predicted molar refractivity (Wildman–Crippen MR) is 140 cm³/mol. The van der Waals surface area contributed by atoms with Gasteiger partial charge in [-0.1, -0.05) is 18.2 Å². The van der Waals surface area contributed by atoms with E-state index in [1.807, 2.05) is 0 Å². The number of nitro benzene ring substituents is 1. The van der Waals surface area contributed by atoms with Crippen LogP contribution in [0.15, 0.2) is 65.0 Å². The van der Waals surface area contributed by atoms with Gasteiger partial charge in [-0.3, -0.25) is 10.1 Å². The Morgan fingerprint density at radius 2 is 1.83 bits per heavy atom. The van der Waals surface area contributed by atoms with Crippen molar-refractivity contribution in [2.75, 3.05) is 34.0 Å². The second kappa shape index (κ2) is 12.5. The highest BCUT2D eigenvalue weighted by Gasteiger charge is 2.47. The molecule has 1 saturated heterocycles. The van der Waals surface area contributed by atoms with E-state index in [2.05, 4.69) is 10.1 Å². The molecule has 2 aromatic rings. The highest BCUT2D eigenvalue weighted by Crippen LogP contribution is 2.44. The van der Waals surface area contributed by atoms with Crippen molar-refractivity contribution in [2.24, 2.45) is 0 Å². The molecule has 0 radical (unpaired) electrons. The quantitative estimate of drug-likeness (QED) is 0.176. The Kier molecular flexibility index (Phi) is 9.05. The lowest BCUT2D eigenvalue weighted by molar-refractivity contribution is -0.384. The summed E-state index contributed by atoms with van der Waals surface area (Å²) in [5.74, 6) is -3.10. The van der Waals surface area contributed by atoms with Crippen molar-refractivity contribution < 1.29 is 51.4 Å². The zero-order chi connectivity index (χ0) is 30.6. The second-order valence-corrected chi connectivity index (χ2v) is 9.36. The number of ether oxygens (including phenoxy) is 5. The zero-order valence-electron chi connectivity index (χ0n) is 22.8. The smallest absolute Gasteiger partial charge is 0.431 e. The molecule has 2 aliphatic rings. The molecule has 0 aliphatic carbocycles. The van der Waals surface area contributed by atoms with E-state index in [9.17, 15) is 32.9 Å². The van der Waals surface area contributed by atoms with Crippen molar-refractivity contribution in [1.82, 2.24) is 5.32 Å². The Morgan fingerprint density at radius 3 is 2.45 bits per heavy atom. The summed E-state index contributed by atoms with van der Waals surface area (Å²) in [5.41, 5.74) is -2.77. The van der Waals surface area contributed by atoms with E-state index in [1.165, 1.54) is 26.2 Å². The number of benzene rings is 2. The van der Waals surface area contributed by atoms with Crippen LogP contribution < -0.4 is 14.8 Å². The summed E-state index contributed by atoms with van der Waals surface area (Å²) in [4.78, 5) is 36.8. The maximum atomic E-state index is 14.1. The molecule has 0 aromatic heterocycles. The highest BCUT2D eigenvalue weighted by atomic mass is 19.4. The van der Waals surface area contributed by atoms with Crippen molar-refractivity contribution in [3.63, 3.8) is 0 Å². The molecule has 11 nitrogen and oxygen atoms in total. The number of dihydropyridines is 1. The van der Waals surface area contributed by atoms with Crippen LogP contribution in [0.25, 0.3) is 0 Å². The number of non-ortho nitro benzene ring substituents is 1. The van der Waals surface area contributed by atoms with Gasteiger partial charge in [0.05, 0.1) is 49.4 Å². The average Bonchev–Trinajstić information content (AvgIpc) is 3.79. The monoisotopic (exact) mass is 592 g/mol. The molecule has 4 rings (SSSR count). The fourth-order valence-electron chi connectivity index (χ4n) is 4.48. The number of carbonyl (C=O) groups is 2. The van der Waals surface area contributed by atoms with E-state index >= 15 is 0 Å². The molecule has 224 valence electrons. The fourth-order valence-corrected chi connectivity index (χ4v) is 4.48. The number of esters is 2. The minimum atomic E-state index is -5.04. The molecule has 2 aliphatic heterocycles. The van der Waals surface area contributed by atoms with Gasteiger partial charge in [-0.25, -0.2) is 9.59 Å². The molecular formula is C28H27F3N2O9. The van der Waals surface area contributed by atoms with E-state index in [0.29, 0.717) is 30.3 Å². The number of hydrogen-bond acceptors (Lipinski definition) is 10. The molecular weight excluding hydrogens is 565 g/mol. The Bertz CT molecular complexity index is 1450. The number of carbonyl (C=O) groups excluding carboxylic acids is 2.